The predicted molar refractivity (Wildman–Crippen MR) is 71.1 cm³/mol. The highest BCUT2D eigenvalue weighted by Gasteiger charge is 2.24. The number of fused-ring (bicyclic) bond motifs is 1. The van der Waals surface area contributed by atoms with Gasteiger partial charge in [0.25, 0.3) is 0 Å². The Morgan fingerprint density at radius 2 is 2.28 bits per heavy atom. The molecule has 3 rings (SSSR count). The summed E-state index contributed by atoms with van der Waals surface area (Å²) in [5, 5.41) is 0. The second-order valence-corrected chi connectivity index (χ2v) is 5.18. The Morgan fingerprint density at radius 3 is 3.06 bits per heavy atom. The van der Waals surface area contributed by atoms with Crippen LogP contribution in [0, 0.1) is 0 Å². The Bertz CT molecular complexity index is 504. The second-order valence-electron chi connectivity index (χ2n) is 5.18. The van der Waals surface area contributed by atoms with Crippen LogP contribution in [-0.4, -0.2) is 28.5 Å². The van der Waals surface area contributed by atoms with Crippen LogP contribution in [-0.2, 0) is 6.54 Å². The van der Waals surface area contributed by atoms with Gasteiger partial charge < -0.3 is 10.2 Å². The third-order valence-electron chi connectivity index (χ3n) is 3.73. The molecule has 1 aromatic heterocycles. The molecule has 2 aromatic rings. The fourth-order valence-corrected chi connectivity index (χ4v) is 2.65. The van der Waals surface area contributed by atoms with Crippen molar-refractivity contribution in [3.8, 4) is 0 Å². The summed E-state index contributed by atoms with van der Waals surface area (Å²) >= 11 is 0. The van der Waals surface area contributed by atoms with Crippen LogP contribution in [0.1, 0.15) is 25.7 Å². The zero-order valence-electron chi connectivity index (χ0n) is 10.7. The van der Waals surface area contributed by atoms with Gasteiger partial charge in [0.1, 0.15) is 5.52 Å². The van der Waals surface area contributed by atoms with Crippen LogP contribution < -0.4 is 5.73 Å². The Morgan fingerprint density at radius 1 is 1.44 bits per heavy atom. The summed E-state index contributed by atoms with van der Waals surface area (Å²) in [6.45, 7) is 4.03. The van der Waals surface area contributed by atoms with E-state index < -0.39 is 0 Å². The van der Waals surface area contributed by atoms with Gasteiger partial charge in [0.15, 0.2) is 5.58 Å². The van der Waals surface area contributed by atoms with Crippen LogP contribution in [0.4, 0.5) is 0 Å². The summed E-state index contributed by atoms with van der Waals surface area (Å²) in [4.78, 5) is 6.92. The van der Waals surface area contributed by atoms with Gasteiger partial charge in [-0.15, -0.1) is 0 Å². The van der Waals surface area contributed by atoms with Crippen molar-refractivity contribution in [2.24, 2.45) is 5.73 Å². The van der Waals surface area contributed by atoms with E-state index in [9.17, 15) is 0 Å². The molecule has 1 aromatic carbocycles. The first-order valence-electron chi connectivity index (χ1n) is 6.56. The largest absolute Gasteiger partial charge is 0.439 e. The van der Waals surface area contributed by atoms with Crippen molar-refractivity contribution in [2.75, 3.05) is 6.54 Å². The van der Waals surface area contributed by atoms with Crippen LogP contribution in [0.5, 0.6) is 0 Å². The molecular weight excluding hydrogens is 226 g/mol. The first-order valence-corrected chi connectivity index (χ1v) is 6.56. The predicted octanol–water partition coefficient (Wildman–Crippen LogP) is 2.14. The van der Waals surface area contributed by atoms with Gasteiger partial charge >= 0.3 is 0 Å². The van der Waals surface area contributed by atoms with Crippen LogP contribution in [0.25, 0.3) is 11.1 Å². The molecule has 4 nitrogen and oxygen atoms in total. The maximum Gasteiger partial charge on any atom is 0.209 e. The molecule has 1 fully saturated rings. The van der Waals surface area contributed by atoms with Crippen molar-refractivity contribution in [1.82, 2.24) is 9.88 Å². The van der Waals surface area contributed by atoms with E-state index in [1.807, 2.05) is 24.3 Å². The lowest BCUT2D eigenvalue weighted by Gasteiger charge is -2.35. The van der Waals surface area contributed by atoms with Gasteiger partial charge in [0, 0.05) is 18.6 Å². The summed E-state index contributed by atoms with van der Waals surface area (Å²) < 4.78 is 5.76. The Hall–Kier alpha value is -1.39. The van der Waals surface area contributed by atoms with E-state index in [4.69, 9.17) is 10.2 Å². The molecule has 2 atom stereocenters. The quantitative estimate of drug-likeness (QED) is 0.880. The highest BCUT2D eigenvalue weighted by molar-refractivity contribution is 5.72. The molecule has 1 saturated heterocycles. The number of nitrogens with two attached hydrogens (primary N) is 1. The van der Waals surface area contributed by atoms with E-state index in [2.05, 4.69) is 16.8 Å². The maximum atomic E-state index is 5.98. The molecule has 0 aliphatic carbocycles. The first kappa shape index (κ1) is 11.7. The van der Waals surface area contributed by atoms with E-state index >= 15 is 0 Å². The monoisotopic (exact) mass is 245 g/mol. The molecule has 0 radical (unpaired) electrons. The normalized spacial score (nSPS) is 25.7. The summed E-state index contributed by atoms with van der Waals surface area (Å²) in [5.74, 6) is 0.804. The average Bonchev–Trinajstić information content (AvgIpc) is 2.75. The molecule has 0 bridgehead atoms. The van der Waals surface area contributed by atoms with Crippen LogP contribution in [0.15, 0.2) is 28.7 Å². The molecule has 0 spiro atoms. The lowest BCUT2D eigenvalue weighted by Crippen LogP contribution is -2.45. The highest BCUT2D eigenvalue weighted by atomic mass is 16.3. The van der Waals surface area contributed by atoms with Crippen LogP contribution in [0.2, 0.25) is 0 Å². The first-order chi connectivity index (χ1) is 8.72. The molecule has 96 valence electrons. The van der Waals surface area contributed by atoms with Crippen LogP contribution >= 0.6 is 0 Å². The number of hydrogen-bond donors (Lipinski definition) is 1. The van der Waals surface area contributed by atoms with E-state index in [1.54, 1.807) is 0 Å². The van der Waals surface area contributed by atoms with Crippen molar-refractivity contribution in [3.05, 3.63) is 30.2 Å². The van der Waals surface area contributed by atoms with Gasteiger partial charge in [0.05, 0.1) is 6.54 Å². The Labute approximate surface area is 107 Å². The molecule has 2 heterocycles. The third-order valence-corrected chi connectivity index (χ3v) is 3.73. The van der Waals surface area contributed by atoms with Gasteiger partial charge in [-0.3, -0.25) is 4.90 Å². The molecule has 4 heteroatoms. The van der Waals surface area contributed by atoms with Crippen molar-refractivity contribution in [2.45, 2.75) is 38.4 Å². The smallest absolute Gasteiger partial charge is 0.209 e. The van der Waals surface area contributed by atoms with Crippen LogP contribution in [0.3, 0.4) is 0 Å². The fourth-order valence-electron chi connectivity index (χ4n) is 2.65. The number of aromatic nitrogens is 1. The van der Waals surface area contributed by atoms with Gasteiger partial charge in [0.2, 0.25) is 5.89 Å². The molecule has 2 unspecified atom stereocenters. The molecular formula is C14H19N3O. The van der Waals surface area contributed by atoms with Gasteiger partial charge in [-0.05, 0) is 31.9 Å². The number of nitrogens with zero attached hydrogens (tertiary/aromatic N) is 2. The minimum Gasteiger partial charge on any atom is -0.439 e. The zero-order chi connectivity index (χ0) is 12.5. The number of hydrogen-bond acceptors (Lipinski definition) is 4. The Kier molecular flexibility index (Phi) is 3.06. The summed E-state index contributed by atoms with van der Waals surface area (Å²) in [7, 11) is 0. The van der Waals surface area contributed by atoms with Gasteiger partial charge in [-0.1, -0.05) is 12.1 Å². The molecule has 1 aliphatic heterocycles. The molecule has 2 N–H and O–H groups in total. The minimum absolute atomic E-state index is 0.347. The number of benzene rings is 1. The SMILES string of the molecule is CC1CC(N)CCN1Cc1nc2ccccc2o1. The number of likely N-dealkylation sites (tertiary alicyclic amines) is 1. The highest BCUT2D eigenvalue weighted by Crippen LogP contribution is 2.21. The van der Waals surface area contributed by atoms with Crippen molar-refractivity contribution >= 4 is 11.1 Å². The second kappa shape index (κ2) is 4.71. The third kappa shape index (κ3) is 2.26. The lowest BCUT2D eigenvalue weighted by atomic mass is 9.99. The Balaban J connectivity index is 1.75. The standard InChI is InChI=1S/C14H19N3O/c1-10-8-11(15)6-7-17(10)9-14-16-12-4-2-3-5-13(12)18-14/h2-5,10-11H,6-9,15H2,1H3. The number of rotatable bonds is 2. The van der Waals surface area contributed by atoms with Gasteiger partial charge in [-0.25, -0.2) is 4.98 Å². The molecule has 0 amide bonds. The molecule has 18 heavy (non-hydrogen) atoms. The van der Waals surface area contributed by atoms with E-state index in [-0.39, 0.29) is 0 Å². The molecule has 0 saturated carbocycles. The average molecular weight is 245 g/mol. The van der Waals surface area contributed by atoms with Crippen molar-refractivity contribution < 1.29 is 4.42 Å². The molecule has 1 aliphatic rings. The summed E-state index contributed by atoms with van der Waals surface area (Å²) in [5.41, 5.74) is 7.78. The van der Waals surface area contributed by atoms with Crippen molar-refractivity contribution in [1.29, 1.82) is 0 Å². The fraction of sp³-hybridized carbons (Fsp3) is 0.500. The number of piperidine rings is 1. The van der Waals surface area contributed by atoms with E-state index in [1.165, 1.54) is 0 Å². The summed E-state index contributed by atoms with van der Waals surface area (Å²) in [6.07, 6.45) is 2.12. The number of para-hydroxylation sites is 2. The number of oxazole rings is 1. The van der Waals surface area contributed by atoms with E-state index in [0.29, 0.717) is 12.1 Å². The van der Waals surface area contributed by atoms with E-state index in [0.717, 1.165) is 42.9 Å². The van der Waals surface area contributed by atoms with Crippen molar-refractivity contribution in [3.63, 3.8) is 0 Å². The summed E-state index contributed by atoms with van der Waals surface area (Å²) in [6, 6.07) is 8.75. The maximum absolute atomic E-state index is 5.98. The minimum atomic E-state index is 0.347. The lowest BCUT2D eigenvalue weighted by molar-refractivity contribution is 0.129. The zero-order valence-corrected chi connectivity index (χ0v) is 10.7. The van der Waals surface area contributed by atoms with Gasteiger partial charge in [-0.2, -0.15) is 0 Å². The topological polar surface area (TPSA) is 55.3 Å².